The minimum Gasteiger partial charge on any atom is -0.337 e. The lowest BCUT2D eigenvalue weighted by Crippen LogP contribution is -2.57. The van der Waals surface area contributed by atoms with Crippen LogP contribution < -0.4 is 21.5 Å². The molecule has 8 nitrogen and oxygen atoms in total. The Balaban J connectivity index is 2.35. The van der Waals surface area contributed by atoms with E-state index in [0.29, 0.717) is 74.6 Å². The molecule has 0 bridgehead atoms. The van der Waals surface area contributed by atoms with Crippen LogP contribution in [-0.4, -0.2) is 84.9 Å². The predicted molar refractivity (Wildman–Crippen MR) is 124 cm³/mol. The van der Waals surface area contributed by atoms with Gasteiger partial charge in [-0.2, -0.15) is 0 Å². The molecule has 4 amide bonds. The summed E-state index contributed by atoms with van der Waals surface area (Å²) in [6, 6.07) is -0.527. The molecule has 30 heavy (non-hydrogen) atoms. The van der Waals surface area contributed by atoms with Gasteiger partial charge in [0.05, 0.1) is 0 Å². The van der Waals surface area contributed by atoms with Gasteiger partial charge < -0.3 is 10.6 Å². The minimum absolute atomic E-state index is 0.00150. The summed E-state index contributed by atoms with van der Waals surface area (Å²) in [5.74, 6) is 2.29. The van der Waals surface area contributed by atoms with Crippen molar-refractivity contribution in [1.29, 1.82) is 0 Å². The van der Waals surface area contributed by atoms with E-state index in [1.807, 2.05) is 0 Å². The average molecular weight is 508 g/mol. The van der Waals surface area contributed by atoms with Crippen molar-refractivity contribution >= 4 is 58.5 Å². The number of hydrogen-bond acceptors (Lipinski definition) is 4. The molecule has 1 aliphatic carbocycles. The third kappa shape index (κ3) is 9.40. The molecule has 1 saturated carbocycles. The first-order valence-electron chi connectivity index (χ1n) is 10.1. The Morgan fingerprint density at radius 3 is 1.37 bits per heavy atom. The van der Waals surface area contributed by atoms with Gasteiger partial charge in [0.2, 0.25) is 0 Å². The first-order chi connectivity index (χ1) is 14.3. The molecule has 0 saturated heterocycles. The molecule has 1 fully saturated rings. The summed E-state index contributed by atoms with van der Waals surface area (Å²) in [6.07, 6.45) is 0.924. The molecule has 0 aliphatic heterocycles. The van der Waals surface area contributed by atoms with E-state index >= 15 is 0 Å². The van der Waals surface area contributed by atoms with Crippen molar-refractivity contribution in [3.05, 3.63) is 0 Å². The second-order valence-corrected chi connectivity index (χ2v) is 9.34. The first kappa shape index (κ1) is 27.7. The Morgan fingerprint density at radius 2 is 1.10 bits per heavy atom. The number of hydrazine groups is 2. The lowest BCUT2D eigenvalue weighted by atomic mass is 9.54. The van der Waals surface area contributed by atoms with E-state index in [1.165, 1.54) is 0 Å². The monoisotopic (exact) mass is 506 g/mol. The maximum Gasteiger partial charge on any atom is 0.329 e. The van der Waals surface area contributed by atoms with Gasteiger partial charge >= 0.3 is 12.1 Å². The van der Waals surface area contributed by atoms with Crippen LogP contribution in [0.25, 0.3) is 0 Å². The van der Waals surface area contributed by atoms with E-state index in [2.05, 4.69) is 35.3 Å². The quantitative estimate of drug-likeness (QED) is 0.215. The van der Waals surface area contributed by atoms with Crippen LogP contribution in [-0.2, 0) is 0 Å². The number of carbonyl (C=O) groups excluding carboxylic acids is 2. The summed E-state index contributed by atoms with van der Waals surface area (Å²) in [5.41, 5.74) is 5.53. The Labute approximate surface area is 199 Å². The molecule has 2 atom stereocenters. The third-order valence-electron chi connectivity index (χ3n) is 5.63. The third-order valence-corrected chi connectivity index (χ3v) is 6.30. The Morgan fingerprint density at radius 1 is 0.767 bits per heavy atom. The largest absolute Gasteiger partial charge is 0.337 e. The number of hydrogen-bond donors (Lipinski definition) is 4. The molecule has 4 N–H and O–H groups in total. The summed E-state index contributed by atoms with van der Waals surface area (Å²) in [6.45, 7) is 7.56. The maximum atomic E-state index is 12.1. The van der Waals surface area contributed by atoms with Crippen LogP contribution in [0.15, 0.2) is 0 Å². The zero-order valence-electron chi connectivity index (χ0n) is 17.7. The van der Waals surface area contributed by atoms with E-state index in [9.17, 15) is 9.59 Å². The van der Waals surface area contributed by atoms with Gasteiger partial charge in [0.1, 0.15) is 0 Å². The Hall–Kier alpha value is -0.380. The van der Waals surface area contributed by atoms with Crippen molar-refractivity contribution in [2.75, 3.05) is 62.8 Å². The van der Waals surface area contributed by atoms with Crippen molar-refractivity contribution in [2.24, 2.45) is 17.3 Å². The molecule has 12 heteroatoms. The second-order valence-electron chi connectivity index (χ2n) is 7.82. The summed E-state index contributed by atoms with van der Waals surface area (Å²) < 4.78 is 0. The number of rotatable bonds is 14. The van der Waals surface area contributed by atoms with Gasteiger partial charge in [-0.25, -0.2) is 19.6 Å². The van der Waals surface area contributed by atoms with Gasteiger partial charge in [0.15, 0.2) is 0 Å². The molecule has 1 rings (SSSR count). The fourth-order valence-electron chi connectivity index (χ4n) is 3.47. The van der Waals surface area contributed by atoms with Gasteiger partial charge in [-0.1, -0.05) is 13.8 Å². The fraction of sp³-hybridized carbons (Fsp3) is 0.889. The van der Waals surface area contributed by atoms with Crippen LogP contribution in [0.1, 0.15) is 20.3 Å². The van der Waals surface area contributed by atoms with Gasteiger partial charge in [0, 0.05) is 62.8 Å². The first-order valence-corrected chi connectivity index (χ1v) is 12.2. The molecule has 0 spiro atoms. The van der Waals surface area contributed by atoms with Crippen LogP contribution in [0, 0.1) is 17.3 Å². The van der Waals surface area contributed by atoms with Gasteiger partial charge in [-0.3, -0.25) is 10.9 Å². The molecular formula is C18H34Cl4N6O2. The highest BCUT2D eigenvalue weighted by Crippen LogP contribution is 2.50. The normalized spacial score (nSPS) is 20.0. The standard InChI is InChI=1S/C18H34Cl4N6O2/c1-18(2)14(12-23-16(29)25-27(7-3-19)8-4-20)11-15(18)13-24-17(30)26-28(9-5-21)10-6-22/h14-15H,3-13H2,1-2H3,(H2,23,25,29)(H2,24,26,30). The molecule has 0 aromatic heterocycles. The van der Waals surface area contributed by atoms with Crippen molar-refractivity contribution in [3.8, 4) is 0 Å². The molecule has 0 aromatic carbocycles. The van der Waals surface area contributed by atoms with Crippen LogP contribution in [0.3, 0.4) is 0 Å². The van der Waals surface area contributed by atoms with Crippen LogP contribution >= 0.6 is 46.4 Å². The number of nitrogens with zero attached hydrogens (tertiary/aromatic N) is 2. The van der Waals surface area contributed by atoms with Crippen LogP contribution in [0.4, 0.5) is 9.59 Å². The Kier molecular flexibility index (Phi) is 13.5. The van der Waals surface area contributed by atoms with Crippen molar-refractivity contribution in [1.82, 2.24) is 31.5 Å². The highest BCUT2D eigenvalue weighted by atomic mass is 35.5. The molecule has 2 unspecified atom stereocenters. The highest BCUT2D eigenvalue weighted by molar-refractivity contribution is 6.18. The number of alkyl halides is 4. The number of nitrogens with one attached hydrogen (secondary N) is 4. The maximum absolute atomic E-state index is 12.1. The number of amides is 4. The van der Waals surface area contributed by atoms with E-state index in [0.717, 1.165) is 6.42 Å². The predicted octanol–water partition coefficient (Wildman–Crippen LogP) is 2.64. The molecule has 0 radical (unpaired) electrons. The van der Waals surface area contributed by atoms with E-state index < -0.39 is 0 Å². The average Bonchev–Trinajstić information content (AvgIpc) is 2.67. The highest BCUT2D eigenvalue weighted by Gasteiger charge is 2.47. The van der Waals surface area contributed by atoms with Crippen LogP contribution in [0.2, 0.25) is 0 Å². The van der Waals surface area contributed by atoms with Gasteiger partial charge in [0.25, 0.3) is 0 Å². The SMILES string of the molecule is CC1(C)C(CNC(=O)NN(CCCl)CCCl)CC1CNC(=O)NN(CCCl)CCCl. The number of halogens is 4. The number of urea groups is 2. The zero-order valence-corrected chi connectivity index (χ0v) is 20.7. The summed E-state index contributed by atoms with van der Waals surface area (Å²) in [7, 11) is 0. The van der Waals surface area contributed by atoms with Gasteiger partial charge in [-0.05, 0) is 23.7 Å². The summed E-state index contributed by atoms with van der Waals surface area (Å²) in [5, 5.41) is 9.23. The van der Waals surface area contributed by atoms with Crippen LogP contribution in [0.5, 0.6) is 0 Å². The zero-order chi connectivity index (χ0) is 22.6. The lowest BCUT2D eigenvalue weighted by molar-refractivity contribution is -0.0152. The summed E-state index contributed by atoms with van der Waals surface area (Å²) in [4.78, 5) is 24.3. The molecule has 176 valence electrons. The topological polar surface area (TPSA) is 88.7 Å². The lowest BCUT2D eigenvalue weighted by Gasteiger charge is -2.52. The molecule has 0 aromatic rings. The second kappa shape index (κ2) is 14.6. The summed E-state index contributed by atoms with van der Waals surface area (Å²) >= 11 is 22.9. The minimum atomic E-state index is -0.263. The van der Waals surface area contributed by atoms with Crippen molar-refractivity contribution in [3.63, 3.8) is 0 Å². The molecule has 0 heterocycles. The van der Waals surface area contributed by atoms with Crippen molar-refractivity contribution < 1.29 is 9.59 Å². The number of carbonyl (C=O) groups is 2. The fourth-order valence-corrected chi connectivity index (χ4v) is 4.29. The van der Waals surface area contributed by atoms with Crippen molar-refractivity contribution in [2.45, 2.75) is 20.3 Å². The van der Waals surface area contributed by atoms with Gasteiger partial charge in [-0.15, -0.1) is 46.4 Å². The van der Waals surface area contributed by atoms with E-state index in [-0.39, 0.29) is 17.5 Å². The molecular weight excluding hydrogens is 474 g/mol. The smallest absolute Gasteiger partial charge is 0.329 e. The van der Waals surface area contributed by atoms with E-state index in [1.54, 1.807) is 10.0 Å². The van der Waals surface area contributed by atoms with E-state index in [4.69, 9.17) is 46.4 Å². The molecule has 1 aliphatic rings. The Bertz CT molecular complexity index is 475.